The summed E-state index contributed by atoms with van der Waals surface area (Å²) in [6.07, 6.45) is 6.96. The molecule has 1 aliphatic carbocycles. The number of nitrogens with one attached hydrogen (secondary N) is 1. The SMILES string of the molecule is C(CCNC1CC1)CCOC1COC1. The summed E-state index contributed by atoms with van der Waals surface area (Å²) in [7, 11) is 0. The van der Waals surface area contributed by atoms with Gasteiger partial charge in [0.2, 0.25) is 0 Å². The molecular weight excluding hydrogens is 178 g/mol. The summed E-state index contributed by atoms with van der Waals surface area (Å²) in [6, 6.07) is 0.860. The van der Waals surface area contributed by atoms with Gasteiger partial charge in [0.1, 0.15) is 6.10 Å². The molecule has 0 unspecified atom stereocenters. The molecule has 0 aromatic carbocycles. The largest absolute Gasteiger partial charge is 0.376 e. The van der Waals surface area contributed by atoms with Gasteiger partial charge in [-0.05, 0) is 38.6 Å². The maximum absolute atomic E-state index is 5.57. The number of hydrogen-bond donors (Lipinski definition) is 1. The third-order valence-electron chi connectivity index (χ3n) is 2.79. The van der Waals surface area contributed by atoms with E-state index in [1.165, 1.54) is 38.6 Å². The lowest BCUT2D eigenvalue weighted by molar-refractivity contribution is -0.129. The molecule has 0 spiro atoms. The van der Waals surface area contributed by atoms with E-state index in [2.05, 4.69) is 5.32 Å². The Morgan fingerprint density at radius 2 is 2.00 bits per heavy atom. The van der Waals surface area contributed by atoms with Crippen LogP contribution in [0, 0.1) is 0 Å². The van der Waals surface area contributed by atoms with Crippen LogP contribution < -0.4 is 5.32 Å². The van der Waals surface area contributed by atoms with Crippen LogP contribution in [0.15, 0.2) is 0 Å². The third-order valence-corrected chi connectivity index (χ3v) is 2.79. The predicted octanol–water partition coefficient (Wildman–Crippen LogP) is 1.32. The molecule has 3 heteroatoms. The Labute approximate surface area is 86.2 Å². The van der Waals surface area contributed by atoms with E-state index in [0.717, 1.165) is 25.9 Å². The van der Waals surface area contributed by atoms with E-state index < -0.39 is 0 Å². The second kappa shape index (κ2) is 5.69. The molecule has 82 valence electrons. The van der Waals surface area contributed by atoms with Crippen LogP contribution in [-0.4, -0.2) is 38.5 Å². The Hall–Kier alpha value is -0.120. The molecule has 1 saturated heterocycles. The van der Waals surface area contributed by atoms with Crippen LogP contribution >= 0.6 is 0 Å². The Balaban J connectivity index is 1.29. The van der Waals surface area contributed by atoms with Gasteiger partial charge in [0.25, 0.3) is 0 Å². The van der Waals surface area contributed by atoms with Crippen LogP contribution in [0.1, 0.15) is 32.1 Å². The monoisotopic (exact) mass is 199 g/mol. The van der Waals surface area contributed by atoms with Crippen molar-refractivity contribution in [3.05, 3.63) is 0 Å². The van der Waals surface area contributed by atoms with Crippen LogP contribution in [0.4, 0.5) is 0 Å². The topological polar surface area (TPSA) is 30.5 Å². The van der Waals surface area contributed by atoms with Crippen molar-refractivity contribution in [2.75, 3.05) is 26.4 Å². The van der Waals surface area contributed by atoms with Gasteiger partial charge in [0.15, 0.2) is 0 Å². The summed E-state index contributed by atoms with van der Waals surface area (Å²) < 4.78 is 10.6. The Morgan fingerprint density at radius 1 is 1.14 bits per heavy atom. The first-order valence-electron chi connectivity index (χ1n) is 5.88. The quantitative estimate of drug-likeness (QED) is 0.598. The van der Waals surface area contributed by atoms with Gasteiger partial charge in [0, 0.05) is 12.6 Å². The van der Waals surface area contributed by atoms with Gasteiger partial charge in [-0.1, -0.05) is 0 Å². The number of ether oxygens (including phenoxy) is 2. The maximum atomic E-state index is 5.57. The summed E-state index contributed by atoms with van der Waals surface area (Å²) >= 11 is 0. The van der Waals surface area contributed by atoms with E-state index in [0.29, 0.717) is 6.10 Å². The molecule has 2 aliphatic rings. The minimum absolute atomic E-state index is 0.402. The van der Waals surface area contributed by atoms with E-state index in [9.17, 15) is 0 Å². The second-order valence-corrected chi connectivity index (χ2v) is 4.32. The van der Waals surface area contributed by atoms with Crippen molar-refractivity contribution in [3.63, 3.8) is 0 Å². The molecule has 0 atom stereocenters. The van der Waals surface area contributed by atoms with Gasteiger partial charge >= 0.3 is 0 Å². The zero-order chi connectivity index (χ0) is 9.64. The molecule has 3 nitrogen and oxygen atoms in total. The molecule has 0 bridgehead atoms. The van der Waals surface area contributed by atoms with Gasteiger partial charge in [-0.3, -0.25) is 0 Å². The highest BCUT2D eigenvalue weighted by Gasteiger charge is 2.19. The molecule has 1 aliphatic heterocycles. The minimum Gasteiger partial charge on any atom is -0.376 e. The maximum Gasteiger partial charge on any atom is 0.104 e. The molecule has 0 aromatic heterocycles. The van der Waals surface area contributed by atoms with Gasteiger partial charge < -0.3 is 14.8 Å². The molecule has 0 amide bonds. The highest BCUT2D eigenvalue weighted by atomic mass is 16.6. The fraction of sp³-hybridized carbons (Fsp3) is 1.00. The van der Waals surface area contributed by atoms with Crippen molar-refractivity contribution < 1.29 is 9.47 Å². The van der Waals surface area contributed by atoms with Gasteiger partial charge in [-0.25, -0.2) is 0 Å². The smallest absolute Gasteiger partial charge is 0.104 e. The van der Waals surface area contributed by atoms with Crippen molar-refractivity contribution in [2.24, 2.45) is 0 Å². The van der Waals surface area contributed by atoms with Gasteiger partial charge in [-0.15, -0.1) is 0 Å². The standard InChI is InChI=1S/C11H21NO2/c1(2-6-12-10-4-5-10)3-7-14-11-8-13-9-11/h10-12H,1-9H2. The fourth-order valence-electron chi connectivity index (χ4n) is 1.56. The van der Waals surface area contributed by atoms with E-state index in [4.69, 9.17) is 9.47 Å². The lowest BCUT2D eigenvalue weighted by atomic mass is 10.2. The fourth-order valence-corrected chi connectivity index (χ4v) is 1.56. The van der Waals surface area contributed by atoms with Crippen LogP contribution in [0.5, 0.6) is 0 Å². The Bertz CT molecular complexity index is 155. The molecule has 0 radical (unpaired) electrons. The van der Waals surface area contributed by atoms with Crippen LogP contribution in [0.2, 0.25) is 0 Å². The summed E-state index contributed by atoms with van der Waals surface area (Å²) in [4.78, 5) is 0. The molecule has 14 heavy (non-hydrogen) atoms. The van der Waals surface area contributed by atoms with Crippen LogP contribution in [0.3, 0.4) is 0 Å². The van der Waals surface area contributed by atoms with E-state index >= 15 is 0 Å². The normalized spacial score (nSPS) is 22.3. The first-order chi connectivity index (χ1) is 6.95. The molecule has 1 N–H and O–H groups in total. The minimum atomic E-state index is 0.402. The first-order valence-corrected chi connectivity index (χ1v) is 5.88. The predicted molar refractivity (Wildman–Crippen MR) is 55.4 cm³/mol. The average molecular weight is 199 g/mol. The van der Waals surface area contributed by atoms with E-state index in [-0.39, 0.29) is 0 Å². The third kappa shape index (κ3) is 3.95. The summed E-state index contributed by atoms with van der Waals surface area (Å²) in [5.41, 5.74) is 0. The molecule has 2 fully saturated rings. The summed E-state index contributed by atoms with van der Waals surface area (Å²) in [5, 5.41) is 3.52. The molecule has 0 aromatic rings. The van der Waals surface area contributed by atoms with E-state index in [1.54, 1.807) is 0 Å². The van der Waals surface area contributed by atoms with Crippen molar-refractivity contribution in [1.29, 1.82) is 0 Å². The number of rotatable bonds is 8. The number of unbranched alkanes of at least 4 members (excludes halogenated alkanes) is 2. The molecular formula is C11H21NO2. The second-order valence-electron chi connectivity index (χ2n) is 4.32. The van der Waals surface area contributed by atoms with Crippen LogP contribution in [0.25, 0.3) is 0 Å². The van der Waals surface area contributed by atoms with Crippen molar-refractivity contribution in [2.45, 2.75) is 44.2 Å². The molecule has 1 heterocycles. The Morgan fingerprint density at radius 3 is 2.64 bits per heavy atom. The molecule has 2 rings (SSSR count). The van der Waals surface area contributed by atoms with Gasteiger partial charge in [0.05, 0.1) is 13.2 Å². The van der Waals surface area contributed by atoms with Crippen molar-refractivity contribution in [3.8, 4) is 0 Å². The molecule has 1 saturated carbocycles. The van der Waals surface area contributed by atoms with E-state index in [1.807, 2.05) is 0 Å². The summed E-state index contributed by atoms with van der Waals surface area (Å²) in [5.74, 6) is 0. The lowest BCUT2D eigenvalue weighted by Crippen LogP contribution is -2.36. The number of hydrogen-bond acceptors (Lipinski definition) is 3. The zero-order valence-corrected chi connectivity index (χ0v) is 8.84. The van der Waals surface area contributed by atoms with Crippen molar-refractivity contribution >= 4 is 0 Å². The average Bonchev–Trinajstić information content (AvgIpc) is 2.90. The highest BCUT2D eigenvalue weighted by molar-refractivity contribution is 4.80. The Kier molecular flexibility index (Phi) is 4.22. The van der Waals surface area contributed by atoms with Crippen molar-refractivity contribution in [1.82, 2.24) is 5.32 Å². The zero-order valence-electron chi connectivity index (χ0n) is 8.84. The van der Waals surface area contributed by atoms with Gasteiger partial charge in [-0.2, -0.15) is 0 Å². The van der Waals surface area contributed by atoms with Crippen LogP contribution in [-0.2, 0) is 9.47 Å². The summed E-state index contributed by atoms with van der Waals surface area (Å²) in [6.45, 7) is 3.72. The first kappa shape index (κ1) is 10.4. The lowest BCUT2D eigenvalue weighted by Gasteiger charge is -2.25. The highest BCUT2D eigenvalue weighted by Crippen LogP contribution is 2.18.